The van der Waals surface area contributed by atoms with Crippen LogP contribution in [-0.4, -0.2) is 33.1 Å². The Morgan fingerprint density at radius 3 is 2.19 bits per heavy atom. The van der Waals surface area contributed by atoms with Crippen molar-refractivity contribution in [3.63, 3.8) is 0 Å². The molecule has 0 N–H and O–H groups in total. The first-order valence-electron chi connectivity index (χ1n) is 9.06. The van der Waals surface area contributed by atoms with E-state index in [4.69, 9.17) is 9.47 Å². The van der Waals surface area contributed by atoms with Gasteiger partial charge in [-0.2, -0.15) is 0 Å². The van der Waals surface area contributed by atoms with Crippen molar-refractivity contribution in [2.24, 2.45) is 11.3 Å². The van der Waals surface area contributed by atoms with Crippen molar-refractivity contribution < 1.29 is 9.47 Å². The SMILES string of the molecule is CCB(CC)[C@H]1CCCC[C@@H]1[C@H](OCCOC)C(C)(C)C. The summed E-state index contributed by atoms with van der Waals surface area (Å²) in [5, 5.41) is 0. The average molecular weight is 296 g/mol. The lowest BCUT2D eigenvalue weighted by Crippen LogP contribution is -2.43. The van der Waals surface area contributed by atoms with E-state index in [1.807, 2.05) is 0 Å². The predicted molar refractivity (Wildman–Crippen MR) is 93.5 cm³/mol. The van der Waals surface area contributed by atoms with Crippen LogP contribution in [0.2, 0.25) is 18.5 Å². The minimum Gasteiger partial charge on any atom is -0.382 e. The zero-order chi connectivity index (χ0) is 15.9. The molecule has 0 aromatic heterocycles. The van der Waals surface area contributed by atoms with Crippen molar-refractivity contribution in [3.05, 3.63) is 0 Å². The molecule has 124 valence electrons. The third-order valence-electron chi connectivity index (χ3n) is 5.36. The second-order valence-corrected chi connectivity index (χ2v) is 7.84. The summed E-state index contributed by atoms with van der Waals surface area (Å²) in [4.78, 5) is 0. The van der Waals surface area contributed by atoms with Gasteiger partial charge in [-0.05, 0) is 17.8 Å². The lowest BCUT2D eigenvalue weighted by molar-refractivity contribution is -0.0768. The Balaban J connectivity index is 2.84. The number of methoxy groups -OCH3 is 1. The summed E-state index contributed by atoms with van der Waals surface area (Å²) in [6.07, 6.45) is 8.51. The molecular weight excluding hydrogens is 259 g/mol. The van der Waals surface area contributed by atoms with E-state index in [1.54, 1.807) is 7.11 Å². The second-order valence-electron chi connectivity index (χ2n) is 7.84. The van der Waals surface area contributed by atoms with Crippen LogP contribution in [0.4, 0.5) is 0 Å². The van der Waals surface area contributed by atoms with Gasteiger partial charge in [0.05, 0.1) is 19.3 Å². The molecule has 0 radical (unpaired) electrons. The summed E-state index contributed by atoms with van der Waals surface area (Å²) >= 11 is 0. The molecule has 1 aliphatic carbocycles. The van der Waals surface area contributed by atoms with E-state index in [-0.39, 0.29) is 5.41 Å². The van der Waals surface area contributed by atoms with E-state index in [0.29, 0.717) is 12.7 Å². The van der Waals surface area contributed by atoms with Crippen LogP contribution in [0.1, 0.15) is 60.3 Å². The van der Waals surface area contributed by atoms with Gasteiger partial charge in [0.2, 0.25) is 0 Å². The van der Waals surface area contributed by atoms with Crippen LogP contribution in [0.25, 0.3) is 0 Å². The number of hydrogen-bond donors (Lipinski definition) is 0. The number of hydrogen-bond acceptors (Lipinski definition) is 2. The van der Waals surface area contributed by atoms with E-state index in [0.717, 1.165) is 25.1 Å². The maximum absolute atomic E-state index is 6.33. The normalized spacial score (nSPS) is 24.9. The van der Waals surface area contributed by atoms with E-state index in [2.05, 4.69) is 34.6 Å². The zero-order valence-electron chi connectivity index (χ0n) is 15.3. The highest BCUT2D eigenvalue weighted by atomic mass is 16.5. The Kier molecular flexibility index (Phi) is 8.34. The van der Waals surface area contributed by atoms with Gasteiger partial charge in [0.1, 0.15) is 6.71 Å². The Morgan fingerprint density at radius 2 is 1.67 bits per heavy atom. The lowest BCUT2D eigenvalue weighted by atomic mass is 9.33. The molecule has 0 unspecified atom stereocenters. The smallest absolute Gasteiger partial charge is 0.143 e. The first-order chi connectivity index (χ1) is 9.95. The third-order valence-corrected chi connectivity index (χ3v) is 5.36. The first kappa shape index (κ1) is 19.0. The quantitative estimate of drug-likeness (QED) is 0.455. The fourth-order valence-electron chi connectivity index (χ4n) is 4.32. The van der Waals surface area contributed by atoms with Gasteiger partial charge in [0, 0.05) is 7.11 Å². The minimum absolute atomic E-state index is 0.208. The molecule has 0 spiro atoms. The molecule has 0 aliphatic heterocycles. The van der Waals surface area contributed by atoms with Crippen LogP contribution in [0, 0.1) is 11.3 Å². The molecule has 2 nitrogen and oxygen atoms in total. The number of ether oxygens (including phenoxy) is 2. The van der Waals surface area contributed by atoms with Crippen LogP contribution in [0.15, 0.2) is 0 Å². The van der Waals surface area contributed by atoms with Crippen molar-refractivity contribution in [1.29, 1.82) is 0 Å². The number of rotatable bonds is 8. The fraction of sp³-hybridized carbons (Fsp3) is 1.00. The predicted octanol–water partition coefficient (Wildman–Crippen LogP) is 5.16. The zero-order valence-corrected chi connectivity index (χ0v) is 15.3. The third kappa shape index (κ3) is 5.60. The summed E-state index contributed by atoms with van der Waals surface area (Å²) in [6.45, 7) is 14.0. The summed E-state index contributed by atoms with van der Waals surface area (Å²) in [6, 6.07) is 0. The molecule has 21 heavy (non-hydrogen) atoms. The van der Waals surface area contributed by atoms with Gasteiger partial charge in [0.25, 0.3) is 0 Å². The Labute approximate surface area is 133 Å². The van der Waals surface area contributed by atoms with Crippen LogP contribution >= 0.6 is 0 Å². The molecule has 1 aliphatic rings. The molecule has 0 bridgehead atoms. The Morgan fingerprint density at radius 1 is 1.05 bits per heavy atom. The molecule has 3 atom stereocenters. The standard InChI is InChI=1S/C18H37BO2/c1-7-19(8-2)16-12-10-9-11-15(16)17(18(3,4)5)21-14-13-20-6/h15-17H,7-14H2,1-6H3/t15-,16-,17-/m0/s1. The largest absolute Gasteiger partial charge is 0.382 e. The second kappa shape index (κ2) is 9.20. The Bertz CT molecular complexity index is 271. The van der Waals surface area contributed by atoms with Gasteiger partial charge in [-0.15, -0.1) is 0 Å². The topological polar surface area (TPSA) is 18.5 Å². The van der Waals surface area contributed by atoms with Crippen LogP contribution in [0.5, 0.6) is 0 Å². The van der Waals surface area contributed by atoms with Crippen LogP contribution < -0.4 is 0 Å². The van der Waals surface area contributed by atoms with Crippen LogP contribution in [0.3, 0.4) is 0 Å². The van der Waals surface area contributed by atoms with E-state index >= 15 is 0 Å². The monoisotopic (exact) mass is 296 g/mol. The fourth-order valence-corrected chi connectivity index (χ4v) is 4.32. The van der Waals surface area contributed by atoms with Gasteiger partial charge in [-0.1, -0.05) is 72.3 Å². The van der Waals surface area contributed by atoms with Gasteiger partial charge >= 0.3 is 0 Å². The van der Waals surface area contributed by atoms with Gasteiger partial charge in [-0.25, -0.2) is 0 Å². The summed E-state index contributed by atoms with van der Waals surface area (Å²) < 4.78 is 11.5. The van der Waals surface area contributed by atoms with Crippen molar-refractivity contribution in [1.82, 2.24) is 0 Å². The molecule has 3 heteroatoms. The molecule has 0 saturated heterocycles. The van der Waals surface area contributed by atoms with E-state index in [1.165, 1.54) is 38.3 Å². The van der Waals surface area contributed by atoms with Crippen molar-refractivity contribution in [2.75, 3.05) is 20.3 Å². The van der Waals surface area contributed by atoms with Crippen molar-refractivity contribution in [2.45, 2.75) is 84.9 Å². The molecule has 0 aromatic rings. The van der Waals surface area contributed by atoms with E-state index < -0.39 is 0 Å². The molecule has 1 saturated carbocycles. The van der Waals surface area contributed by atoms with Gasteiger partial charge in [0.15, 0.2) is 0 Å². The lowest BCUT2D eigenvalue weighted by Gasteiger charge is -2.45. The molecule has 1 fully saturated rings. The highest BCUT2D eigenvalue weighted by Gasteiger charge is 2.41. The highest BCUT2D eigenvalue weighted by Crippen LogP contribution is 2.45. The summed E-state index contributed by atoms with van der Waals surface area (Å²) in [5.41, 5.74) is 0.208. The molecular formula is C18H37BO2. The molecule has 0 amide bonds. The van der Waals surface area contributed by atoms with Gasteiger partial charge < -0.3 is 9.47 Å². The van der Waals surface area contributed by atoms with Crippen molar-refractivity contribution >= 4 is 6.71 Å². The minimum atomic E-state index is 0.208. The molecule has 1 rings (SSSR count). The summed E-state index contributed by atoms with van der Waals surface area (Å²) in [7, 11) is 1.75. The van der Waals surface area contributed by atoms with E-state index in [9.17, 15) is 0 Å². The highest BCUT2D eigenvalue weighted by molar-refractivity contribution is 6.60. The summed E-state index contributed by atoms with van der Waals surface area (Å²) in [5.74, 6) is 1.57. The Hall–Kier alpha value is -0.0151. The average Bonchev–Trinajstić information content (AvgIpc) is 2.44. The molecule has 0 heterocycles. The first-order valence-corrected chi connectivity index (χ1v) is 9.06. The maximum atomic E-state index is 6.33. The van der Waals surface area contributed by atoms with Gasteiger partial charge in [-0.3, -0.25) is 0 Å². The maximum Gasteiger partial charge on any atom is 0.143 e. The molecule has 0 aromatic carbocycles. The van der Waals surface area contributed by atoms with Crippen molar-refractivity contribution in [3.8, 4) is 0 Å². The van der Waals surface area contributed by atoms with Crippen LogP contribution in [-0.2, 0) is 9.47 Å².